The quantitative estimate of drug-likeness (QED) is 0.507. The Hall–Kier alpha value is -3.86. The molecule has 0 fully saturated rings. The smallest absolute Gasteiger partial charge is 0.306 e. The van der Waals surface area contributed by atoms with Gasteiger partial charge in [-0.1, -0.05) is 0 Å². The van der Waals surface area contributed by atoms with E-state index in [1.54, 1.807) is 36.1 Å². The Morgan fingerprint density at radius 2 is 1.74 bits per heavy atom. The first-order chi connectivity index (χ1) is 16.2. The fraction of sp³-hybridized carbons (Fsp3) is 0.385. The number of nitrogens with one attached hydrogen (secondary N) is 2. The zero-order chi connectivity index (χ0) is 25.3. The highest BCUT2D eigenvalue weighted by molar-refractivity contribution is 5.98. The van der Waals surface area contributed by atoms with Crippen LogP contribution in [0.25, 0.3) is 0 Å². The van der Waals surface area contributed by atoms with E-state index in [4.69, 9.17) is 10.00 Å². The first kappa shape index (κ1) is 26.4. The molecule has 0 aromatic heterocycles. The number of carbonyl (C=O) groups is 3. The van der Waals surface area contributed by atoms with Gasteiger partial charge in [-0.15, -0.1) is 0 Å². The lowest BCUT2D eigenvalue weighted by Gasteiger charge is -2.29. The number of anilines is 3. The molecule has 0 aliphatic rings. The summed E-state index contributed by atoms with van der Waals surface area (Å²) < 4.78 is 4.92. The number of aryl methyl sites for hydroxylation is 2. The maximum Gasteiger partial charge on any atom is 0.306 e. The first-order valence-corrected chi connectivity index (χ1v) is 11.3. The lowest BCUT2D eigenvalue weighted by molar-refractivity contribution is -0.144. The van der Waals surface area contributed by atoms with Crippen molar-refractivity contribution in [3.8, 4) is 6.07 Å². The Morgan fingerprint density at radius 3 is 2.32 bits per heavy atom. The molecule has 8 heteroatoms. The lowest BCUT2D eigenvalue weighted by atomic mass is 10.0. The molecule has 2 N–H and O–H groups in total. The van der Waals surface area contributed by atoms with Crippen LogP contribution in [0.2, 0.25) is 0 Å². The molecule has 0 atom stereocenters. The number of nitrogens with zero attached hydrogens (tertiary/aromatic N) is 2. The molecule has 0 saturated heterocycles. The van der Waals surface area contributed by atoms with Crippen molar-refractivity contribution in [2.75, 3.05) is 28.7 Å². The molecule has 2 rings (SSSR count). The molecule has 0 radical (unpaired) electrons. The molecule has 2 amide bonds. The van der Waals surface area contributed by atoms with E-state index in [9.17, 15) is 14.4 Å². The summed E-state index contributed by atoms with van der Waals surface area (Å²) in [7, 11) is 0. The number of hydrogen-bond donors (Lipinski definition) is 2. The number of nitriles is 1. The second-order valence-corrected chi connectivity index (χ2v) is 8.21. The fourth-order valence-electron chi connectivity index (χ4n) is 3.50. The Morgan fingerprint density at radius 1 is 1.06 bits per heavy atom. The highest BCUT2D eigenvalue weighted by Gasteiger charge is 2.22. The molecule has 0 heterocycles. The first-order valence-electron chi connectivity index (χ1n) is 11.3. The van der Waals surface area contributed by atoms with Gasteiger partial charge in [0.1, 0.15) is 0 Å². The number of rotatable bonds is 10. The molecular formula is C26H32N4O4. The van der Waals surface area contributed by atoms with Crippen molar-refractivity contribution in [2.45, 2.75) is 53.5 Å². The van der Waals surface area contributed by atoms with Crippen molar-refractivity contribution >= 4 is 34.8 Å². The Labute approximate surface area is 200 Å². The third-order valence-corrected chi connectivity index (χ3v) is 5.18. The molecule has 0 aliphatic carbocycles. The van der Waals surface area contributed by atoms with Crippen molar-refractivity contribution in [2.24, 2.45) is 0 Å². The van der Waals surface area contributed by atoms with E-state index < -0.39 is 0 Å². The van der Waals surface area contributed by atoms with Crippen LogP contribution >= 0.6 is 0 Å². The highest BCUT2D eigenvalue weighted by Crippen LogP contribution is 2.29. The minimum absolute atomic E-state index is 0.0360. The van der Waals surface area contributed by atoms with Crippen molar-refractivity contribution < 1.29 is 19.1 Å². The number of ether oxygens (including phenoxy) is 1. The van der Waals surface area contributed by atoms with Crippen molar-refractivity contribution in [1.29, 1.82) is 5.26 Å². The van der Waals surface area contributed by atoms with Gasteiger partial charge in [0, 0.05) is 29.5 Å². The largest absolute Gasteiger partial charge is 0.466 e. The molecule has 8 nitrogen and oxygen atoms in total. The maximum atomic E-state index is 12.9. The van der Waals surface area contributed by atoms with E-state index in [2.05, 4.69) is 16.7 Å². The van der Waals surface area contributed by atoms with Crippen LogP contribution in [-0.2, 0) is 19.1 Å². The van der Waals surface area contributed by atoms with Gasteiger partial charge in [-0.05, 0) is 82.1 Å². The van der Waals surface area contributed by atoms with E-state index in [0.717, 1.165) is 22.5 Å². The van der Waals surface area contributed by atoms with Crippen LogP contribution in [-0.4, -0.2) is 37.0 Å². The zero-order valence-corrected chi connectivity index (χ0v) is 20.4. The molecule has 0 unspecified atom stereocenters. The highest BCUT2D eigenvalue weighted by atomic mass is 16.5. The summed E-state index contributed by atoms with van der Waals surface area (Å²) in [4.78, 5) is 38.7. The van der Waals surface area contributed by atoms with Crippen molar-refractivity contribution in [3.63, 3.8) is 0 Å². The predicted molar refractivity (Wildman–Crippen MR) is 133 cm³/mol. The van der Waals surface area contributed by atoms with Crippen LogP contribution in [0.3, 0.4) is 0 Å². The van der Waals surface area contributed by atoms with Gasteiger partial charge in [-0.3, -0.25) is 14.4 Å². The maximum absolute atomic E-state index is 12.9. The van der Waals surface area contributed by atoms with Crippen LogP contribution in [0.5, 0.6) is 0 Å². The van der Waals surface area contributed by atoms with Gasteiger partial charge in [-0.25, -0.2) is 0 Å². The van der Waals surface area contributed by atoms with Gasteiger partial charge in [0.15, 0.2) is 0 Å². The molecule has 0 aliphatic heterocycles. The van der Waals surface area contributed by atoms with Crippen molar-refractivity contribution in [3.05, 3.63) is 53.1 Å². The summed E-state index contributed by atoms with van der Waals surface area (Å²) >= 11 is 0. The molecule has 180 valence electrons. The van der Waals surface area contributed by atoms with Crippen LogP contribution in [0.15, 0.2) is 36.4 Å². The number of hydrogen-bond acceptors (Lipinski definition) is 6. The molecule has 34 heavy (non-hydrogen) atoms. The third kappa shape index (κ3) is 7.34. The summed E-state index contributed by atoms with van der Waals surface area (Å²) in [6.45, 7) is 9.67. The summed E-state index contributed by atoms with van der Waals surface area (Å²) in [6.07, 6.45) is 0.101. The van der Waals surface area contributed by atoms with Gasteiger partial charge in [0.05, 0.1) is 31.2 Å². The summed E-state index contributed by atoms with van der Waals surface area (Å²) in [5.74, 6) is -0.764. The number of esters is 1. The van der Waals surface area contributed by atoms with Gasteiger partial charge >= 0.3 is 5.97 Å². The summed E-state index contributed by atoms with van der Waals surface area (Å²) in [5, 5.41) is 14.8. The van der Waals surface area contributed by atoms with E-state index in [1.165, 1.54) is 0 Å². The number of amides is 2. The minimum Gasteiger partial charge on any atom is -0.466 e. The topological polar surface area (TPSA) is 112 Å². The second-order valence-electron chi connectivity index (χ2n) is 8.21. The van der Waals surface area contributed by atoms with Crippen LogP contribution in [0.4, 0.5) is 17.1 Å². The molecule has 0 bridgehead atoms. The standard InChI is InChI=1S/C26H32N4O4/c1-6-34-26(33)12-11-25(32)30(17(2)3)23-14-18(4)22(13-19(23)5)29-24(31)16-28-21-9-7-20(15-27)8-10-21/h7-10,13-14,17,28H,6,11-12,16H2,1-5H3,(H,29,31). The van der Waals surface area contributed by atoms with Gasteiger partial charge in [0.2, 0.25) is 11.8 Å². The monoisotopic (exact) mass is 464 g/mol. The zero-order valence-electron chi connectivity index (χ0n) is 20.4. The molecule has 0 spiro atoms. The minimum atomic E-state index is -0.389. The van der Waals surface area contributed by atoms with Gasteiger partial charge in [-0.2, -0.15) is 5.26 Å². The lowest BCUT2D eigenvalue weighted by Crippen LogP contribution is -2.38. The average Bonchev–Trinajstić information content (AvgIpc) is 2.80. The predicted octanol–water partition coefficient (Wildman–Crippen LogP) is 4.31. The van der Waals surface area contributed by atoms with E-state index in [-0.39, 0.29) is 49.8 Å². The molecule has 0 saturated carbocycles. The van der Waals surface area contributed by atoms with E-state index in [0.29, 0.717) is 11.3 Å². The summed E-state index contributed by atoms with van der Waals surface area (Å²) in [6, 6.07) is 12.5. The Balaban J connectivity index is 2.09. The van der Waals surface area contributed by atoms with Crippen molar-refractivity contribution in [1.82, 2.24) is 0 Å². The normalized spacial score (nSPS) is 10.4. The van der Waals surface area contributed by atoms with Gasteiger partial charge in [0.25, 0.3) is 0 Å². The van der Waals surface area contributed by atoms with Crippen LogP contribution < -0.4 is 15.5 Å². The average molecular weight is 465 g/mol. The van der Waals surface area contributed by atoms with Gasteiger partial charge < -0.3 is 20.3 Å². The van der Waals surface area contributed by atoms with E-state index in [1.807, 2.05) is 39.8 Å². The molecule has 2 aromatic rings. The van der Waals surface area contributed by atoms with E-state index >= 15 is 0 Å². The number of benzene rings is 2. The second kappa shape index (κ2) is 12.4. The van der Waals surface area contributed by atoms with Crippen LogP contribution in [0.1, 0.15) is 50.3 Å². The molecule has 2 aromatic carbocycles. The SMILES string of the molecule is CCOC(=O)CCC(=O)N(c1cc(C)c(NC(=O)CNc2ccc(C#N)cc2)cc1C)C(C)C. The Bertz CT molecular complexity index is 1070. The fourth-order valence-corrected chi connectivity index (χ4v) is 3.50. The summed E-state index contributed by atoms with van der Waals surface area (Å²) in [5.41, 5.74) is 4.35. The number of carbonyl (C=O) groups excluding carboxylic acids is 3. The Kier molecular flexibility index (Phi) is 9.62. The third-order valence-electron chi connectivity index (χ3n) is 5.18. The molecular weight excluding hydrogens is 432 g/mol. The van der Waals surface area contributed by atoms with Crippen LogP contribution in [0, 0.1) is 25.2 Å².